The van der Waals surface area contributed by atoms with Gasteiger partial charge in [0.2, 0.25) is 0 Å². The average Bonchev–Trinajstić information content (AvgIpc) is 3.24. The van der Waals surface area contributed by atoms with E-state index in [1.807, 2.05) is 0 Å². The Kier molecular flexibility index (Phi) is 6.66. The third-order valence-electron chi connectivity index (χ3n) is 4.60. The number of benzene rings is 1. The van der Waals surface area contributed by atoms with Crippen LogP contribution >= 0.6 is 7.82 Å². The lowest BCUT2D eigenvalue weighted by Gasteiger charge is -2.14. The van der Waals surface area contributed by atoms with Crippen LogP contribution in [0.2, 0.25) is 0 Å². The lowest BCUT2D eigenvalue weighted by Crippen LogP contribution is -2.38. The van der Waals surface area contributed by atoms with Crippen molar-refractivity contribution >= 4 is 13.6 Å². The number of hydrogen-bond donors (Lipinski definition) is 2. The molecule has 3 heterocycles. The number of halogens is 2. The molecule has 13 heteroatoms. The van der Waals surface area contributed by atoms with Crippen LogP contribution in [0.4, 0.5) is 14.6 Å². The average molecular weight is 490 g/mol. The van der Waals surface area contributed by atoms with Crippen LogP contribution in [-0.2, 0) is 22.2 Å². The van der Waals surface area contributed by atoms with E-state index in [1.54, 1.807) is 42.5 Å². The van der Waals surface area contributed by atoms with Gasteiger partial charge in [0, 0.05) is 18.6 Å². The first kappa shape index (κ1) is 23.5. The Morgan fingerprint density at radius 3 is 2.68 bits per heavy atom. The SMILES string of the molecule is Nc1c(-c2cc(Cc3ccc(Oc4ncc(F)cc4F)cc3)no2)ccc[n+]1COP(=O)([O-])O. The number of aromatic nitrogens is 3. The lowest BCUT2D eigenvalue weighted by molar-refractivity contribution is -0.712. The van der Waals surface area contributed by atoms with Crippen LogP contribution in [0.3, 0.4) is 0 Å². The molecule has 176 valence electrons. The van der Waals surface area contributed by atoms with Crippen LogP contribution < -0.4 is 19.9 Å². The molecule has 0 radical (unpaired) electrons. The van der Waals surface area contributed by atoms with Crippen LogP contribution in [0, 0.1) is 11.6 Å². The van der Waals surface area contributed by atoms with E-state index in [2.05, 4.69) is 14.7 Å². The van der Waals surface area contributed by atoms with Gasteiger partial charge < -0.3 is 19.0 Å². The number of hydrogen-bond acceptors (Lipinski definition) is 8. The maximum atomic E-state index is 13.7. The molecule has 1 unspecified atom stereocenters. The summed E-state index contributed by atoms with van der Waals surface area (Å²) in [6.07, 6.45) is 2.73. The van der Waals surface area contributed by atoms with Crippen molar-refractivity contribution in [3.63, 3.8) is 0 Å². The van der Waals surface area contributed by atoms with Crippen molar-refractivity contribution in [3.05, 3.63) is 83.8 Å². The Morgan fingerprint density at radius 1 is 1.21 bits per heavy atom. The minimum Gasteiger partial charge on any atom is -0.756 e. The molecule has 4 rings (SSSR count). The molecule has 0 saturated heterocycles. The van der Waals surface area contributed by atoms with Gasteiger partial charge in [-0.1, -0.05) is 17.3 Å². The highest BCUT2D eigenvalue weighted by Gasteiger charge is 2.18. The second kappa shape index (κ2) is 9.65. The Morgan fingerprint density at radius 2 is 1.97 bits per heavy atom. The van der Waals surface area contributed by atoms with Crippen molar-refractivity contribution in [1.82, 2.24) is 10.1 Å². The summed E-state index contributed by atoms with van der Waals surface area (Å²) in [5.41, 5.74) is 7.94. The van der Waals surface area contributed by atoms with Gasteiger partial charge in [-0.3, -0.25) is 14.8 Å². The summed E-state index contributed by atoms with van der Waals surface area (Å²) in [6.45, 7) is -0.510. The molecule has 4 aromatic rings. The number of nitrogen functional groups attached to an aromatic ring is 1. The maximum Gasteiger partial charge on any atom is 0.285 e. The normalized spacial score (nSPS) is 12.9. The van der Waals surface area contributed by atoms with Crippen molar-refractivity contribution in [1.29, 1.82) is 0 Å². The molecular formula is C21H17F2N4O6P. The second-order valence-electron chi connectivity index (χ2n) is 7.05. The summed E-state index contributed by atoms with van der Waals surface area (Å²) < 4.78 is 53.8. The fourth-order valence-corrected chi connectivity index (χ4v) is 3.29. The zero-order chi connectivity index (χ0) is 24.3. The highest BCUT2D eigenvalue weighted by atomic mass is 31.2. The fourth-order valence-electron chi connectivity index (χ4n) is 3.01. The van der Waals surface area contributed by atoms with Crippen molar-refractivity contribution < 1.29 is 41.5 Å². The quantitative estimate of drug-likeness (QED) is 0.281. The molecule has 0 amide bonds. The van der Waals surface area contributed by atoms with Crippen molar-refractivity contribution in [3.8, 4) is 23.0 Å². The summed E-state index contributed by atoms with van der Waals surface area (Å²) in [6, 6.07) is 12.3. The van der Waals surface area contributed by atoms with Crippen LogP contribution in [0.1, 0.15) is 11.3 Å². The second-order valence-corrected chi connectivity index (χ2v) is 8.24. The molecule has 0 bridgehead atoms. The molecule has 34 heavy (non-hydrogen) atoms. The van der Waals surface area contributed by atoms with E-state index in [0.717, 1.165) is 11.8 Å². The molecule has 0 saturated carbocycles. The van der Waals surface area contributed by atoms with Gasteiger partial charge in [0.1, 0.15) is 17.1 Å². The molecular weight excluding hydrogens is 473 g/mol. The first-order valence-corrected chi connectivity index (χ1v) is 11.2. The number of anilines is 1. The van der Waals surface area contributed by atoms with Gasteiger partial charge >= 0.3 is 0 Å². The first-order valence-electron chi connectivity index (χ1n) is 9.68. The Labute approximate surface area is 191 Å². The highest BCUT2D eigenvalue weighted by molar-refractivity contribution is 7.44. The topological polar surface area (TPSA) is 148 Å². The molecule has 0 aliphatic rings. The largest absolute Gasteiger partial charge is 0.756 e. The smallest absolute Gasteiger partial charge is 0.285 e. The summed E-state index contributed by atoms with van der Waals surface area (Å²) in [7, 11) is -4.91. The summed E-state index contributed by atoms with van der Waals surface area (Å²) in [5, 5.41) is 4.02. The molecule has 10 nitrogen and oxygen atoms in total. The van der Waals surface area contributed by atoms with Crippen LogP contribution in [0.5, 0.6) is 11.6 Å². The molecule has 0 spiro atoms. The molecule has 1 aromatic carbocycles. The fraction of sp³-hybridized carbons (Fsp3) is 0.0952. The van der Waals surface area contributed by atoms with Crippen molar-refractivity contribution in [2.24, 2.45) is 0 Å². The summed E-state index contributed by atoms with van der Waals surface area (Å²) in [5.74, 6) is -1.25. The number of ether oxygens (including phenoxy) is 1. The zero-order valence-electron chi connectivity index (χ0n) is 17.3. The molecule has 1 atom stereocenters. The van der Waals surface area contributed by atoms with E-state index >= 15 is 0 Å². The third kappa shape index (κ3) is 5.80. The number of nitrogens with zero attached hydrogens (tertiary/aromatic N) is 3. The molecule has 0 fully saturated rings. The predicted octanol–water partition coefficient (Wildman–Crippen LogP) is 2.70. The van der Waals surface area contributed by atoms with Gasteiger partial charge in [0.25, 0.3) is 19.5 Å². The van der Waals surface area contributed by atoms with Gasteiger partial charge in [0.05, 0.1) is 18.1 Å². The first-order chi connectivity index (χ1) is 16.2. The Bertz CT molecular complexity index is 1360. The maximum absolute atomic E-state index is 13.7. The van der Waals surface area contributed by atoms with Crippen LogP contribution in [0.15, 0.2) is 65.4 Å². The van der Waals surface area contributed by atoms with Gasteiger partial charge in [-0.2, -0.15) is 0 Å². The molecule has 3 N–H and O–H groups in total. The molecule has 0 aliphatic heterocycles. The predicted molar refractivity (Wildman–Crippen MR) is 111 cm³/mol. The van der Waals surface area contributed by atoms with Gasteiger partial charge in [-0.25, -0.2) is 18.3 Å². The standard InChI is InChI=1S/C21H17F2N4O6P/c22-14-9-18(23)21(25-11-14)32-16-5-3-13(4-6-16)8-15-10-19(33-26-15)17-2-1-7-27(20(17)24)12-31-34(28,29)30/h1-7,9-11,24H,8,12H2,(H2,28,29,30). The van der Waals surface area contributed by atoms with E-state index in [0.29, 0.717) is 35.3 Å². The van der Waals surface area contributed by atoms with E-state index in [9.17, 15) is 18.2 Å². The van der Waals surface area contributed by atoms with E-state index in [-0.39, 0.29) is 11.7 Å². The Hall–Kier alpha value is -3.70. The number of pyridine rings is 2. The number of phosphoric ester groups is 1. The van der Waals surface area contributed by atoms with Crippen molar-refractivity contribution in [2.75, 3.05) is 5.73 Å². The summed E-state index contributed by atoms with van der Waals surface area (Å²) in [4.78, 5) is 23.2. The minimum atomic E-state index is -4.91. The summed E-state index contributed by atoms with van der Waals surface area (Å²) >= 11 is 0. The minimum absolute atomic E-state index is 0.141. The van der Waals surface area contributed by atoms with Crippen molar-refractivity contribution in [2.45, 2.75) is 13.2 Å². The van der Waals surface area contributed by atoms with E-state index < -0.39 is 26.2 Å². The monoisotopic (exact) mass is 490 g/mol. The third-order valence-corrected chi connectivity index (χ3v) is 5.04. The lowest BCUT2D eigenvalue weighted by atomic mass is 10.1. The highest BCUT2D eigenvalue weighted by Crippen LogP contribution is 2.31. The van der Waals surface area contributed by atoms with Crippen LogP contribution in [0.25, 0.3) is 11.3 Å². The van der Waals surface area contributed by atoms with Gasteiger partial charge in [-0.05, 0) is 29.8 Å². The van der Waals surface area contributed by atoms with Crippen LogP contribution in [-0.4, -0.2) is 15.0 Å². The Balaban J connectivity index is 1.44. The number of nitrogens with two attached hydrogens (primary N) is 1. The number of rotatable bonds is 8. The molecule has 3 aromatic heterocycles. The van der Waals surface area contributed by atoms with E-state index in [1.165, 1.54) is 10.8 Å². The molecule has 0 aliphatic carbocycles. The number of phosphoric acid groups is 1. The van der Waals surface area contributed by atoms with Gasteiger partial charge in [0.15, 0.2) is 18.3 Å². The van der Waals surface area contributed by atoms with E-state index in [4.69, 9.17) is 19.9 Å². The van der Waals surface area contributed by atoms with Gasteiger partial charge in [-0.15, -0.1) is 0 Å². The zero-order valence-corrected chi connectivity index (χ0v) is 18.2.